The van der Waals surface area contributed by atoms with Crippen molar-refractivity contribution in [2.75, 3.05) is 11.1 Å². The number of carbonyl (C=O) groups is 1. The maximum Gasteiger partial charge on any atom is 0.277 e. The number of amides is 1. The fourth-order valence-corrected chi connectivity index (χ4v) is 3.03. The van der Waals surface area contributed by atoms with Crippen molar-refractivity contribution in [3.8, 4) is 11.5 Å². The molecule has 6 nitrogen and oxygen atoms in total. The summed E-state index contributed by atoms with van der Waals surface area (Å²) in [6.45, 7) is 0. The first-order chi connectivity index (χ1) is 12.8. The number of anilines is 1. The molecule has 4 rings (SSSR count). The molecule has 0 unspecified atom stereocenters. The average Bonchev–Trinajstić information content (AvgIpc) is 3.16. The number of thioether (sulfide) groups is 1. The van der Waals surface area contributed by atoms with Gasteiger partial charge in [-0.25, -0.2) is 0 Å². The third-order valence-corrected chi connectivity index (χ3v) is 4.51. The molecule has 0 spiro atoms. The Labute approximate surface area is 153 Å². The second-order valence-corrected chi connectivity index (χ2v) is 6.43. The van der Waals surface area contributed by atoms with Gasteiger partial charge in [0.25, 0.3) is 5.22 Å². The highest BCUT2D eigenvalue weighted by atomic mass is 32.2. The molecule has 0 atom stereocenters. The smallest absolute Gasteiger partial charge is 0.277 e. The summed E-state index contributed by atoms with van der Waals surface area (Å²) in [5.74, 6) is 0.462. The number of hydrogen-bond donors (Lipinski definition) is 1. The lowest BCUT2D eigenvalue weighted by molar-refractivity contribution is -0.113. The van der Waals surface area contributed by atoms with Gasteiger partial charge in [0.2, 0.25) is 11.8 Å². The molecule has 4 aromatic rings. The number of hydrogen-bond acceptors (Lipinski definition) is 6. The first-order valence-electron chi connectivity index (χ1n) is 7.93. The molecule has 0 fully saturated rings. The molecule has 1 amide bonds. The monoisotopic (exact) mass is 362 g/mol. The van der Waals surface area contributed by atoms with Gasteiger partial charge in [0.05, 0.1) is 5.75 Å². The predicted octanol–water partition coefficient (Wildman–Crippen LogP) is 4.02. The molecule has 0 aliphatic rings. The van der Waals surface area contributed by atoms with Gasteiger partial charge >= 0.3 is 0 Å². The van der Waals surface area contributed by atoms with Crippen molar-refractivity contribution < 1.29 is 9.21 Å². The first kappa shape index (κ1) is 16.3. The lowest BCUT2D eigenvalue weighted by Gasteiger charge is -2.05. The Morgan fingerprint density at radius 3 is 2.65 bits per heavy atom. The summed E-state index contributed by atoms with van der Waals surface area (Å²) < 4.78 is 5.56. The van der Waals surface area contributed by atoms with Crippen LogP contribution < -0.4 is 5.32 Å². The summed E-state index contributed by atoms with van der Waals surface area (Å²) in [6, 6.07) is 17.4. The molecule has 0 aliphatic carbocycles. The molecule has 0 saturated carbocycles. The second kappa shape index (κ2) is 7.37. The van der Waals surface area contributed by atoms with E-state index < -0.39 is 0 Å². The molecule has 2 aromatic heterocycles. The van der Waals surface area contributed by atoms with Crippen molar-refractivity contribution in [1.82, 2.24) is 15.2 Å². The van der Waals surface area contributed by atoms with Crippen LogP contribution in [0.25, 0.3) is 22.2 Å². The molecular weight excluding hydrogens is 348 g/mol. The Morgan fingerprint density at radius 1 is 1.00 bits per heavy atom. The second-order valence-electron chi connectivity index (χ2n) is 5.51. The lowest BCUT2D eigenvalue weighted by atomic mass is 10.1. The number of nitrogens with one attached hydrogen (secondary N) is 1. The third-order valence-electron chi connectivity index (χ3n) is 3.69. The molecule has 1 N–H and O–H groups in total. The maximum atomic E-state index is 12.2. The summed E-state index contributed by atoms with van der Waals surface area (Å²) in [4.78, 5) is 16.1. The normalized spacial score (nSPS) is 10.8. The van der Waals surface area contributed by atoms with Crippen LogP contribution in [-0.4, -0.2) is 26.8 Å². The fourth-order valence-electron chi connectivity index (χ4n) is 2.47. The van der Waals surface area contributed by atoms with Crippen LogP contribution in [0.1, 0.15) is 0 Å². The molecule has 7 heteroatoms. The lowest BCUT2D eigenvalue weighted by Crippen LogP contribution is -2.13. The Morgan fingerprint density at radius 2 is 1.81 bits per heavy atom. The minimum atomic E-state index is -0.131. The Balaban J connectivity index is 1.37. The van der Waals surface area contributed by atoms with Crippen LogP contribution in [0.3, 0.4) is 0 Å². The largest absolute Gasteiger partial charge is 0.411 e. The van der Waals surface area contributed by atoms with Crippen molar-refractivity contribution in [2.45, 2.75) is 5.22 Å². The molecule has 0 saturated heterocycles. The maximum absolute atomic E-state index is 12.2. The molecule has 26 heavy (non-hydrogen) atoms. The highest BCUT2D eigenvalue weighted by molar-refractivity contribution is 7.99. The van der Waals surface area contributed by atoms with Gasteiger partial charge in [0.15, 0.2) is 0 Å². The summed E-state index contributed by atoms with van der Waals surface area (Å²) in [7, 11) is 0. The Bertz CT molecular complexity index is 1050. The summed E-state index contributed by atoms with van der Waals surface area (Å²) >= 11 is 1.20. The number of rotatable bonds is 5. The quantitative estimate of drug-likeness (QED) is 0.540. The topological polar surface area (TPSA) is 80.9 Å². The van der Waals surface area contributed by atoms with Gasteiger partial charge in [-0.05, 0) is 35.0 Å². The van der Waals surface area contributed by atoms with E-state index in [2.05, 4.69) is 20.5 Å². The van der Waals surface area contributed by atoms with E-state index in [0.29, 0.717) is 11.1 Å². The van der Waals surface area contributed by atoms with E-state index in [4.69, 9.17) is 4.42 Å². The molecule has 0 bridgehead atoms. The third kappa shape index (κ3) is 3.73. The summed E-state index contributed by atoms with van der Waals surface area (Å²) in [5, 5.41) is 13.4. The van der Waals surface area contributed by atoms with E-state index in [-0.39, 0.29) is 11.7 Å². The highest BCUT2D eigenvalue weighted by Crippen LogP contribution is 2.23. The molecular formula is C19H14N4O2S. The van der Waals surface area contributed by atoms with Gasteiger partial charge in [-0.2, -0.15) is 0 Å². The summed E-state index contributed by atoms with van der Waals surface area (Å²) in [6.07, 6.45) is 3.31. The SMILES string of the molecule is O=C(CSc1nnc(-c2ccncc2)o1)Nc1ccc2ccccc2c1. The van der Waals surface area contributed by atoms with Crippen LogP contribution in [0.5, 0.6) is 0 Å². The van der Waals surface area contributed by atoms with Crippen molar-refractivity contribution in [2.24, 2.45) is 0 Å². The Kier molecular flexibility index (Phi) is 4.61. The van der Waals surface area contributed by atoms with Crippen LogP contribution in [0, 0.1) is 0 Å². The number of benzene rings is 2. The predicted molar refractivity (Wildman–Crippen MR) is 101 cm³/mol. The van der Waals surface area contributed by atoms with Gasteiger partial charge in [-0.1, -0.05) is 42.1 Å². The van der Waals surface area contributed by atoms with E-state index in [1.165, 1.54) is 11.8 Å². The first-order valence-corrected chi connectivity index (χ1v) is 8.92. The van der Waals surface area contributed by atoms with Crippen molar-refractivity contribution in [3.05, 3.63) is 67.0 Å². The summed E-state index contributed by atoms with van der Waals surface area (Å²) in [5.41, 5.74) is 1.55. The van der Waals surface area contributed by atoms with E-state index in [0.717, 1.165) is 22.0 Å². The van der Waals surface area contributed by atoms with Crippen molar-refractivity contribution >= 4 is 34.1 Å². The van der Waals surface area contributed by atoms with Gasteiger partial charge in [-0.3, -0.25) is 9.78 Å². The van der Waals surface area contributed by atoms with Crippen LogP contribution in [0.4, 0.5) is 5.69 Å². The minimum absolute atomic E-state index is 0.131. The van der Waals surface area contributed by atoms with Crippen molar-refractivity contribution in [1.29, 1.82) is 0 Å². The Hall–Kier alpha value is -3.19. The fraction of sp³-hybridized carbons (Fsp3) is 0.0526. The van der Waals surface area contributed by atoms with E-state index in [1.54, 1.807) is 24.5 Å². The number of pyridine rings is 1. The zero-order valence-corrected chi connectivity index (χ0v) is 14.4. The standard InChI is InChI=1S/C19H14N4O2S/c24-17(21-16-6-5-13-3-1-2-4-15(13)11-16)12-26-19-23-22-18(25-19)14-7-9-20-10-8-14/h1-11H,12H2,(H,21,24). The van der Waals surface area contributed by atoms with Crippen LogP contribution >= 0.6 is 11.8 Å². The van der Waals surface area contributed by atoms with E-state index in [9.17, 15) is 4.79 Å². The van der Waals surface area contributed by atoms with Crippen LogP contribution in [0.2, 0.25) is 0 Å². The van der Waals surface area contributed by atoms with E-state index >= 15 is 0 Å². The number of fused-ring (bicyclic) bond motifs is 1. The zero-order chi connectivity index (χ0) is 17.8. The molecule has 128 valence electrons. The van der Waals surface area contributed by atoms with Crippen LogP contribution in [-0.2, 0) is 4.79 Å². The van der Waals surface area contributed by atoms with Crippen molar-refractivity contribution in [3.63, 3.8) is 0 Å². The van der Waals surface area contributed by atoms with Gasteiger partial charge in [-0.15, -0.1) is 10.2 Å². The molecule has 2 heterocycles. The van der Waals surface area contributed by atoms with Gasteiger partial charge in [0.1, 0.15) is 0 Å². The van der Waals surface area contributed by atoms with Gasteiger partial charge in [0, 0.05) is 23.6 Å². The molecule has 0 aliphatic heterocycles. The number of nitrogens with zero attached hydrogens (tertiary/aromatic N) is 3. The highest BCUT2D eigenvalue weighted by Gasteiger charge is 2.11. The van der Waals surface area contributed by atoms with Crippen LogP contribution in [0.15, 0.2) is 76.6 Å². The number of aromatic nitrogens is 3. The molecule has 2 aromatic carbocycles. The zero-order valence-electron chi connectivity index (χ0n) is 13.6. The minimum Gasteiger partial charge on any atom is -0.411 e. The van der Waals surface area contributed by atoms with Gasteiger partial charge < -0.3 is 9.73 Å². The molecule has 0 radical (unpaired) electrons. The average molecular weight is 362 g/mol. The number of carbonyl (C=O) groups excluding carboxylic acids is 1. The van der Waals surface area contributed by atoms with E-state index in [1.807, 2.05) is 42.5 Å².